The average Bonchev–Trinajstić information content (AvgIpc) is 3.14. The number of aryl methyl sites for hydroxylation is 1. The lowest BCUT2D eigenvalue weighted by Gasteiger charge is -2.18. The van der Waals surface area contributed by atoms with E-state index in [1.165, 1.54) is 16.2 Å². The van der Waals surface area contributed by atoms with Gasteiger partial charge in [-0.1, -0.05) is 6.07 Å². The van der Waals surface area contributed by atoms with Gasteiger partial charge in [-0.15, -0.1) is 11.3 Å². The van der Waals surface area contributed by atoms with Gasteiger partial charge >= 0.3 is 0 Å². The van der Waals surface area contributed by atoms with Gasteiger partial charge in [0.15, 0.2) is 11.5 Å². The SMILES string of the molecule is COCCCNC(=O)c1c(NC(=O)Cc2ccc3c(c2)OCCO3)sc2c1CCCC2. The number of hydrogen-bond acceptors (Lipinski definition) is 6. The summed E-state index contributed by atoms with van der Waals surface area (Å²) < 4.78 is 16.2. The molecule has 8 heteroatoms. The summed E-state index contributed by atoms with van der Waals surface area (Å²) in [6.07, 6.45) is 4.98. The summed E-state index contributed by atoms with van der Waals surface area (Å²) >= 11 is 1.53. The molecule has 31 heavy (non-hydrogen) atoms. The molecule has 1 aliphatic heterocycles. The van der Waals surface area contributed by atoms with E-state index in [-0.39, 0.29) is 18.2 Å². The monoisotopic (exact) mass is 444 g/mol. The molecule has 0 spiro atoms. The zero-order valence-corrected chi connectivity index (χ0v) is 18.6. The summed E-state index contributed by atoms with van der Waals surface area (Å²) in [7, 11) is 1.65. The number of carbonyl (C=O) groups is 2. The van der Waals surface area contributed by atoms with Gasteiger partial charge in [-0.05, 0) is 55.4 Å². The molecule has 1 aromatic heterocycles. The number of ether oxygens (including phenoxy) is 3. The first-order valence-electron chi connectivity index (χ1n) is 10.8. The van der Waals surface area contributed by atoms with Crippen molar-refractivity contribution in [3.8, 4) is 11.5 Å². The number of nitrogens with one attached hydrogen (secondary N) is 2. The number of thiophene rings is 1. The molecule has 0 radical (unpaired) electrons. The molecular weight excluding hydrogens is 416 g/mol. The van der Waals surface area contributed by atoms with E-state index in [9.17, 15) is 9.59 Å². The Morgan fingerprint density at radius 2 is 1.94 bits per heavy atom. The van der Waals surface area contributed by atoms with Crippen LogP contribution in [0.3, 0.4) is 0 Å². The van der Waals surface area contributed by atoms with Crippen LogP contribution < -0.4 is 20.1 Å². The van der Waals surface area contributed by atoms with E-state index < -0.39 is 0 Å². The predicted molar refractivity (Wildman–Crippen MR) is 120 cm³/mol. The molecule has 7 nitrogen and oxygen atoms in total. The fraction of sp³-hybridized carbons (Fsp3) is 0.478. The second-order valence-corrected chi connectivity index (χ2v) is 8.83. The molecule has 0 bridgehead atoms. The maximum absolute atomic E-state index is 12.9. The first-order valence-corrected chi connectivity index (χ1v) is 11.6. The summed E-state index contributed by atoms with van der Waals surface area (Å²) in [5, 5.41) is 6.63. The Labute approximate surface area is 186 Å². The van der Waals surface area contributed by atoms with Gasteiger partial charge in [0.1, 0.15) is 18.2 Å². The number of rotatable bonds is 8. The van der Waals surface area contributed by atoms with E-state index >= 15 is 0 Å². The molecule has 4 rings (SSSR count). The lowest BCUT2D eigenvalue weighted by molar-refractivity contribution is -0.115. The number of hydrogen-bond donors (Lipinski definition) is 2. The zero-order chi connectivity index (χ0) is 21.6. The molecule has 2 N–H and O–H groups in total. The number of fused-ring (bicyclic) bond motifs is 2. The fourth-order valence-corrected chi connectivity index (χ4v) is 5.26. The van der Waals surface area contributed by atoms with Gasteiger partial charge < -0.3 is 24.8 Å². The normalized spacial score (nSPS) is 14.6. The van der Waals surface area contributed by atoms with Crippen LogP contribution in [0.2, 0.25) is 0 Å². The molecule has 0 saturated carbocycles. The molecular formula is C23H28N2O5S. The van der Waals surface area contributed by atoms with Crippen molar-refractivity contribution >= 4 is 28.2 Å². The third kappa shape index (κ3) is 5.19. The number of anilines is 1. The zero-order valence-electron chi connectivity index (χ0n) is 17.8. The predicted octanol–water partition coefficient (Wildman–Crippen LogP) is 3.35. The van der Waals surface area contributed by atoms with Gasteiger partial charge in [0, 0.05) is 25.1 Å². The molecule has 0 unspecified atom stereocenters. The molecule has 2 heterocycles. The Kier molecular flexibility index (Phi) is 7.09. The van der Waals surface area contributed by atoms with Crippen molar-refractivity contribution in [2.45, 2.75) is 38.5 Å². The maximum Gasteiger partial charge on any atom is 0.254 e. The highest BCUT2D eigenvalue weighted by Gasteiger charge is 2.26. The molecule has 2 aliphatic rings. The number of benzene rings is 1. The largest absolute Gasteiger partial charge is 0.486 e. The average molecular weight is 445 g/mol. The van der Waals surface area contributed by atoms with Crippen LogP contribution in [0.15, 0.2) is 18.2 Å². The van der Waals surface area contributed by atoms with Crippen molar-refractivity contribution in [1.82, 2.24) is 5.32 Å². The topological polar surface area (TPSA) is 85.9 Å². The first kappa shape index (κ1) is 21.6. The van der Waals surface area contributed by atoms with Crippen LogP contribution in [-0.2, 0) is 28.8 Å². The molecule has 1 aliphatic carbocycles. The standard InChI is InChI=1S/C23H28N2O5S/c1-28-10-4-9-24-22(27)21-16-5-2-3-6-19(16)31-23(21)25-20(26)14-15-7-8-17-18(13-15)30-12-11-29-17/h7-8,13H,2-6,9-12,14H2,1H3,(H,24,27)(H,25,26). The fourth-order valence-electron chi connectivity index (χ4n) is 3.95. The Hall–Kier alpha value is -2.58. The second kappa shape index (κ2) is 10.2. The second-order valence-electron chi connectivity index (χ2n) is 7.72. The van der Waals surface area contributed by atoms with E-state index in [1.807, 2.05) is 18.2 Å². The third-order valence-electron chi connectivity index (χ3n) is 5.43. The Morgan fingerprint density at radius 1 is 1.13 bits per heavy atom. The van der Waals surface area contributed by atoms with Gasteiger partial charge in [-0.3, -0.25) is 9.59 Å². The van der Waals surface area contributed by atoms with Crippen LogP contribution in [0.25, 0.3) is 0 Å². The van der Waals surface area contributed by atoms with Crippen molar-refractivity contribution < 1.29 is 23.8 Å². The van der Waals surface area contributed by atoms with E-state index in [0.29, 0.717) is 48.4 Å². The van der Waals surface area contributed by atoms with Gasteiger partial charge in [0.2, 0.25) is 5.91 Å². The van der Waals surface area contributed by atoms with Crippen molar-refractivity contribution in [3.63, 3.8) is 0 Å². The van der Waals surface area contributed by atoms with Crippen LogP contribution in [0.5, 0.6) is 11.5 Å². The van der Waals surface area contributed by atoms with Gasteiger partial charge in [0.25, 0.3) is 5.91 Å². The van der Waals surface area contributed by atoms with E-state index in [1.54, 1.807) is 7.11 Å². The van der Waals surface area contributed by atoms with E-state index in [2.05, 4.69) is 10.6 Å². The molecule has 2 amide bonds. The molecule has 0 atom stereocenters. The van der Waals surface area contributed by atoms with Crippen LogP contribution in [0.4, 0.5) is 5.00 Å². The summed E-state index contributed by atoms with van der Waals surface area (Å²) in [5.74, 6) is 1.10. The Morgan fingerprint density at radius 3 is 2.77 bits per heavy atom. The molecule has 166 valence electrons. The van der Waals surface area contributed by atoms with Crippen LogP contribution >= 0.6 is 11.3 Å². The highest BCUT2D eigenvalue weighted by Crippen LogP contribution is 2.38. The minimum absolute atomic E-state index is 0.120. The van der Waals surface area contributed by atoms with Crippen LogP contribution in [0.1, 0.15) is 45.6 Å². The molecule has 1 aromatic carbocycles. The van der Waals surface area contributed by atoms with E-state index in [4.69, 9.17) is 14.2 Å². The Bertz CT molecular complexity index is 956. The van der Waals surface area contributed by atoms with Gasteiger partial charge in [-0.25, -0.2) is 0 Å². The highest BCUT2D eigenvalue weighted by atomic mass is 32.1. The first-order chi connectivity index (χ1) is 15.2. The lowest BCUT2D eigenvalue weighted by Crippen LogP contribution is -2.27. The van der Waals surface area contributed by atoms with Gasteiger partial charge in [-0.2, -0.15) is 0 Å². The third-order valence-corrected chi connectivity index (χ3v) is 6.64. The molecule has 2 aromatic rings. The summed E-state index contributed by atoms with van der Waals surface area (Å²) in [6.45, 7) is 2.18. The molecule has 0 fully saturated rings. The van der Waals surface area contributed by atoms with Crippen LogP contribution in [0, 0.1) is 0 Å². The smallest absolute Gasteiger partial charge is 0.254 e. The Balaban J connectivity index is 1.47. The lowest BCUT2D eigenvalue weighted by atomic mass is 9.95. The number of amides is 2. The van der Waals surface area contributed by atoms with Gasteiger partial charge in [0.05, 0.1) is 12.0 Å². The van der Waals surface area contributed by atoms with Crippen molar-refractivity contribution in [2.75, 3.05) is 38.8 Å². The minimum Gasteiger partial charge on any atom is -0.486 e. The van der Waals surface area contributed by atoms with Crippen molar-refractivity contribution in [1.29, 1.82) is 0 Å². The minimum atomic E-state index is -0.149. The highest BCUT2D eigenvalue weighted by molar-refractivity contribution is 7.17. The maximum atomic E-state index is 12.9. The van der Waals surface area contributed by atoms with Crippen molar-refractivity contribution in [2.24, 2.45) is 0 Å². The summed E-state index contributed by atoms with van der Waals surface area (Å²) in [6, 6.07) is 5.55. The number of carbonyl (C=O) groups excluding carboxylic acids is 2. The molecule has 0 saturated heterocycles. The summed E-state index contributed by atoms with van der Waals surface area (Å²) in [5.41, 5.74) is 2.57. The number of methoxy groups -OCH3 is 1. The quantitative estimate of drug-likeness (QED) is 0.610. The summed E-state index contributed by atoms with van der Waals surface area (Å²) in [4.78, 5) is 27.0. The van der Waals surface area contributed by atoms with Crippen molar-refractivity contribution in [3.05, 3.63) is 39.8 Å². The van der Waals surface area contributed by atoms with E-state index in [0.717, 1.165) is 43.2 Å². The van der Waals surface area contributed by atoms with Crippen LogP contribution in [-0.4, -0.2) is 45.3 Å².